The minimum atomic E-state index is -0.581. The van der Waals surface area contributed by atoms with Crippen molar-refractivity contribution in [3.63, 3.8) is 0 Å². The van der Waals surface area contributed by atoms with Crippen molar-refractivity contribution in [2.45, 2.75) is 0 Å². The molecule has 1 aliphatic rings. The molecule has 0 spiro atoms. The highest BCUT2D eigenvalue weighted by atomic mass is 32.2. The average molecular weight is 465 g/mol. The minimum absolute atomic E-state index is 0.0426. The van der Waals surface area contributed by atoms with E-state index in [-0.39, 0.29) is 21.4 Å². The predicted octanol–water partition coefficient (Wildman–Crippen LogP) is 5.56. The van der Waals surface area contributed by atoms with E-state index in [1.807, 2.05) is 42.5 Å². The third kappa shape index (κ3) is 4.08. The van der Waals surface area contributed by atoms with E-state index in [9.17, 15) is 14.9 Å². The Morgan fingerprint density at radius 3 is 2.32 bits per heavy atom. The summed E-state index contributed by atoms with van der Waals surface area (Å²) in [5.74, 6) is -0.983. The molecule has 3 aromatic carbocycles. The monoisotopic (exact) mass is 464 g/mol. The van der Waals surface area contributed by atoms with Gasteiger partial charge in [-0.05, 0) is 48.2 Å². The number of rotatable bonds is 5. The van der Waals surface area contributed by atoms with Crippen LogP contribution in [0.2, 0.25) is 0 Å². The molecule has 8 heteroatoms. The van der Waals surface area contributed by atoms with Crippen LogP contribution >= 0.6 is 11.8 Å². The molecule has 5 rings (SSSR count). The number of carbonyl (C=O) groups is 2. The first-order valence-corrected chi connectivity index (χ1v) is 11.1. The Kier molecular flexibility index (Phi) is 5.68. The number of nitriles is 1. The van der Waals surface area contributed by atoms with Crippen molar-refractivity contribution < 1.29 is 14.0 Å². The van der Waals surface area contributed by atoms with Gasteiger partial charge in [0, 0.05) is 11.1 Å². The number of Topliss-reactive ketones (excluding diaryl/α,β-unsaturated/α-hetero) is 1. The fourth-order valence-electron chi connectivity index (χ4n) is 3.40. The number of hydrogen-bond donors (Lipinski definition) is 1. The summed E-state index contributed by atoms with van der Waals surface area (Å²) in [7, 11) is 0. The van der Waals surface area contributed by atoms with Gasteiger partial charge in [-0.25, -0.2) is 5.01 Å². The molecule has 7 nitrogen and oxygen atoms in total. The Labute approximate surface area is 199 Å². The van der Waals surface area contributed by atoms with E-state index < -0.39 is 11.7 Å². The molecule has 4 aromatic rings. The molecule has 34 heavy (non-hydrogen) atoms. The summed E-state index contributed by atoms with van der Waals surface area (Å²) in [6, 6.07) is 28.8. The average Bonchev–Trinajstić information content (AvgIpc) is 3.51. The van der Waals surface area contributed by atoms with E-state index in [0.29, 0.717) is 17.0 Å². The number of ketones is 1. The topological polar surface area (TPSA) is 98.7 Å². The lowest BCUT2D eigenvalue weighted by molar-refractivity contribution is -0.110. The lowest BCUT2D eigenvalue weighted by atomic mass is 10.1. The van der Waals surface area contributed by atoms with Gasteiger partial charge >= 0.3 is 0 Å². The fraction of sp³-hybridized carbons (Fsp3) is 0. The van der Waals surface area contributed by atoms with Crippen LogP contribution in [0.5, 0.6) is 0 Å². The molecule has 1 N–H and O–H groups in total. The fourth-order valence-corrected chi connectivity index (χ4v) is 4.33. The molecule has 164 valence electrons. The van der Waals surface area contributed by atoms with Gasteiger partial charge in [-0.15, -0.1) is 0 Å². The minimum Gasteiger partial charge on any atom is -0.453 e. The number of anilines is 2. The van der Waals surface area contributed by atoms with E-state index in [2.05, 4.69) is 10.4 Å². The van der Waals surface area contributed by atoms with Crippen molar-refractivity contribution in [1.82, 2.24) is 0 Å². The van der Waals surface area contributed by atoms with E-state index in [1.165, 1.54) is 5.01 Å². The number of amides is 1. The van der Waals surface area contributed by atoms with Gasteiger partial charge in [0.1, 0.15) is 22.3 Å². The van der Waals surface area contributed by atoms with E-state index in [0.717, 1.165) is 17.1 Å². The standard InChI is InChI=1S/C26H16N4O3S/c27-16-20(23(31)22-15-17-9-7-8-14-21(17)33-22)26-30(19-12-5-2-6-13-19)29-25(34-26)24(32)28-18-10-3-1-4-11-18/h1-15H,(H,28,32)/b26-20+. The number of furan rings is 1. The van der Waals surface area contributed by atoms with Gasteiger partial charge in [0.25, 0.3) is 5.91 Å². The van der Waals surface area contributed by atoms with Crippen LogP contribution < -0.4 is 10.3 Å². The van der Waals surface area contributed by atoms with Crippen LogP contribution in [0.4, 0.5) is 11.4 Å². The van der Waals surface area contributed by atoms with Crippen LogP contribution in [0.15, 0.2) is 111 Å². The largest absolute Gasteiger partial charge is 0.453 e. The van der Waals surface area contributed by atoms with Crippen LogP contribution in [0.3, 0.4) is 0 Å². The van der Waals surface area contributed by atoms with Gasteiger partial charge in [0.05, 0.1) is 5.69 Å². The van der Waals surface area contributed by atoms with Gasteiger partial charge in [0.15, 0.2) is 10.8 Å². The van der Waals surface area contributed by atoms with Crippen molar-refractivity contribution in [1.29, 1.82) is 5.26 Å². The third-order valence-electron chi connectivity index (χ3n) is 5.01. The highest BCUT2D eigenvalue weighted by Gasteiger charge is 2.33. The molecule has 0 aliphatic carbocycles. The van der Waals surface area contributed by atoms with Crippen LogP contribution in [0.25, 0.3) is 11.0 Å². The predicted molar refractivity (Wildman–Crippen MR) is 132 cm³/mol. The van der Waals surface area contributed by atoms with E-state index in [1.54, 1.807) is 54.6 Å². The number of fused-ring (bicyclic) bond motifs is 1. The zero-order chi connectivity index (χ0) is 23.5. The molecule has 0 unspecified atom stereocenters. The molecule has 0 fully saturated rings. The number of nitrogens with zero attached hydrogens (tertiary/aromatic N) is 3. The highest BCUT2D eigenvalue weighted by Crippen LogP contribution is 2.38. The van der Waals surface area contributed by atoms with Gasteiger partial charge in [-0.2, -0.15) is 10.4 Å². The number of benzene rings is 3. The molecule has 0 radical (unpaired) electrons. The zero-order valence-electron chi connectivity index (χ0n) is 17.6. The molecule has 0 bridgehead atoms. The maximum atomic E-state index is 13.3. The number of nitrogens with one attached hydrogen (secondary N) is 1. The number of allylic oxidation sites excluding steroid dienone is 1. The molecule has 2 heterocycles. The summed E-state index contributed by atoms with van der Waals surface area (Å²) in [6.07, 6.45) is 0. The van der Waals surface area contributed by atoms with Crippen LogP contribution in [0, 0.1) is 11.3 Å². The zero-order valence-corrected chi connectivity index (χ0v) is 18.5. The summed E-state index contributed by atoms with van der Waals surface area (Å²) < 4.78 is 5.69. The third-order valence-corrected chi connectivity index (χ3v) is 6.04. The summed E-state index contributed by atoms with van der Waals surface area (Å²) in [6.45, 7) is 0. The molecule has 1 amide bonds. The van der Waals surface area contributed by atoms with Crippen molar-refractivity contribution in [2.24, 2.45) is 5.10 Å². The number of para-hydroxylation sites is 3. The maximum absolute atomic E-state index is 13.3. The summed E-state index contributed by atoms with van der Waals surface area (Å²) in [4.78, 5) is 26.2. The molecule has 0 saturated carbocycles. The first-order chi connectivity index (χ1) is 16.6. The lowest BCUT2D eigenvalue weighted by Crippen LogP contribution is -2.19. The second kappa shape index (κ2) is 9.10. The molecular formula is C26H16N4O3S. The van der Waals surface area contributed by atoms with Crippen molar-refractivity contribution in [2.75, 3.05) is 10.3 Å². The van der Waals surface area contributed by atoms with E-state index >= 15 is 0 Å². The smallest absolute Gasteiger partial charge is 0.283 e. The van der Waals surface area contributed by atoms with Gasteiger partial charge < -0.3 is 9.73 Å². The number of hydrogen-bond acceptors (Lipinski definition) is 7. The number of carbonyl (C=O) groups excluding carboxylic acids is 2. The van der Waals surface area contributed by atoms with Crippen LogP contribution in [-0.2, 0) is 4.79 Å². The second-order valence-corrected chi connectivity index (χ2v) is 8.22. The van der Waals surface area contributed by atoms with Gasteiger partial charge in [0.2, 0.25) is 5.78 Å². The quantitative estimate of drug-likeness (QED) is 0.236. The van der Waals surface area contributed by atoms with Crippen LogP contribution in [0.1, 0.15) is 10.6 Å². The Balaban J connectivity index is 1.54. The Morgan fingerprint density at radius 2 is 1.62 bits per heavy atom. The van der Waals surface area contributed by atoms with Crippen molar-refractivity contribution in [3.8, 4) is 6.07 Å². The first kappa shape index (κ1) is 21.2. The maximum Gasteiger partial charge on any atom is 0.283 e. The number of thioether (sulfide) groups is 1. The molecule has 0 atom stereocenters. The number of hydrazone groups is 1. The Morgan fingerprint density at radius 1 is 0.941 bits per heavy atom. The summed E-state index contributed by atoms with van der Waals surface area (Å²) >= 11 is 0.962. The summed E-state index contributed by atoms with van der Waals surface area (Å²) in [5.41, 5.74) is 1.60. The van der Waals surface area contributed by atoms with Crippen molar-refractivity contribution in [3.05, 3.63) is 107 Å². The normalized spacial score (nSPS) is 14.4. The molecular weight excluding hydrogens is 448 g/mol. The summed E-state index contributed by atoms with van der Waals surface area (Å²) in [5, 5.41) is 19.7. The molecule has 1 aromatic heterocycles. The molecule has 1 aliphatic heterocycles. The molecule has 0 saturated heterocycles. The van der Waals surface area contributed by atoms with E-state index in [4.69, 9.17) is 4.42 Å². The second-order valence-electron chi connectivity index (χ2n) is 7.24. The SMILES string of the molecule is N#C/C(C(=O)c1cc2ccccc2o1)=C1\SC(C(=O)Nc2ccccc2)=NN1c1ccccc1. The Hall–Kier alpha value is -4.61. The van der Waals surface area contributed by atoms with Gasteiger partial charge in [-0.3, -0.25) is 9.59 Å². The van der Waals surface area contributed by atoms with Crippen LogP contribution in [-0.4, -0.2) is 16.7 Å². The van der Waals surface area contributed by atoms with Gasteiger partial charge in [-0.1, -0.05) is 54.6 Å². The lowest BCUT2D eigenvalue weighted by Gasteiger charge is -2.16. The highest BCUT2D eigenvalue weighted by molar-refractivity contribution is 8.19. The van der Waals surface area contributed by atoms with Crippen molar-refractivity contribution >= 4 is 50.8 Å². The Bertz CT molecular complexity index is 1470. The first-order valence-electron chi connectivity index (χ1n) is 10.3.